The minimum atomic E-state index is -0.852. The lowest BCUT2D eigenvalue weighted by molar-refractivity contribution is -0.118. The predicted molar refractivity (Wildman–Crippen MR) is 185 cm³/mol. The number of fused-ring (bicyclic) bond motifs is 1. The molecule has 1 aliphatic rings. The van der Waals surface area contributed by atoms with Gasteiger partial charge in [0.1, 0.15) is 11.9 Å². The molecule has 3 N–H and O–H groups in total. The number of aromatic nitrogens is 1. The molecule has 2 aromatic heterocycles. The van der Waals surface area contributed by atoms with Crippen LogP contribution in [0.15, 0.2) is 89.8 Å². The Morgan fingerprint density at radius 3 is 2.48 bits per heavy atom. The first kappa shape index (κ1) is 31.3. The molecular weight excluding hydrogens is 600 g/mol. The van der Waals surface area contributed by atoms with Crippen molar-refractivity contribution >= 4 is 45.6 Å². The van der Waals surface area contributed by atoms with Crippen LogP contribution in [0.4, 0.5) is 20.6 Å². The van der Waals surface area contributed by atoms with Crippen LogP contribution in [0.5, 0.6) is 0 Å². The summed E-state index contributed by atoms with van der Waals surface area (Å²) < 4.78 is 13.4. The molecule has 238 valence electrons. The molecule has 1 aliphatic heterocycles. The molecule has 3 heterocycles. The Bertz CT molecular complexity index is 1800. The molecule has 0 saturated carbocycles. The third-order valence-electron chi connectivity index (χ3n) is 8.60. The van der Waals surface area contributed by atoms with Gasteiger partial charge in [-0.1, -0.05) is 37.3 Å². The molecule has 8 nitrogen and oxygen atoms in total. The topological polar surface area (TPSA) is 83.7 Å². The Morgan fingerprint density at radius 2 is 1.76 bits per heavy atom. The molecule has 3 aromatic carbocycles. The number of carbonyl (C=O) groups is 2. The second-order valence-electron chi connectivity index (χ2n) is 12.1. The van der Waals surface area contributed by atoms with Crippen molar-refractivity contribution in [1.29, 1.82) is 0 Å². The van der Waals surface area contributed by atoms with Crippen molar-refractivity contribution in [2.75, 3.05) is 50.5 Å². The number of urea groups is 1. The molecule has 1 fully saturated rings. The van der Waals surface area contributed by atoms with E-state index in [0.29, 0.717) is 31.9 Å². The number of nitrogens with one attached hydrogen (secondary N) is 3. The van der Waals surface area contributed by atoms with E-state index < -0.39 is 6.04 Å². The fourth-order valence-electron chi connectivity index (χ4n) is 6.15. The first-order valence-electron chi connectivity index (χ1n) is 15.5. The Labute approximate surface area is 272 Å². The second-order valence-corrected chi connectivity index (χ2v) is 12.9. The summed E-state index contributed by atoms with van der Waals surface area (Å²) in [6.45, 7) is 4.88. The lowest BCUT2D eigenvalue weighted by atomic mass is 9.92. The van der Waals surface area contributed by atoms with Gasteiger partial charge in [0.2, 0.25) is 5.91 Å². The highest BCUT2D eigenvalue weighted by Gasteiger charge is 2.32. The van der Waals surface area contributed by atoms with Gasteiger partial charge in [-0.2, -0.15) is 11.3 Å². The quantitative estimate of drug-likeness (QED) is 0.167. The molecule has 5 aromatic rings. The van der Waals surface area contributed by atoms with Crippen molar-refractivity contribution in [1.82, 2.24) is 20.1 Å². The number of anilines is 2. The minimum absolute atomic E-state index is 0.276. The number of thiophene rings is 1. The summed E-state index contributed by atoms with van der Waals surface area (Å²) in [6, 6.07) is 21.4. The van der Waals surface area contributed by atoms with Crippen LogP contribution in [0, 0.1) is 5.82 Å². The Balaban J connectivity index is 1.26. The number of aromatic amines is 1. The zero-order valence-electron chi connectivity index (χ0n) is 26.3. The summed E-state index contributed by atoms with van der Waals surface area (Å²) in [7, 11) is 4.03. The van der Waals surface area contributed by atoms with Gasteiger partial charge < -0.3 is 30.3 Å². The summed E-state index contributed by atoms with van der Waals surface area (Å²) >= 11 is 1.60. The maximum Gasteiger partial charge on any atom is 0.318 e. The normalized spacial score (nSPS) is 14.8. The van der Waals surface area contributed by atoms with Crippen LogP contribution in [0.25, 0.3) is 22.0 Å². The molecule has 0 bridgehead atoms. The van der Waals surface area contributed by atoms with Gasteiger partial charge in [0.25, 0.3) is 0 Å². The van der Waals surface area contributed by atoms with Crippen molar-refractivity contribution < 1.29 is 14.0 Å². The first-order valence-corrected chi connectivity index (χ1v) is 16.4. The summed E-state index contributed by atoms with van der Waals surface area (Å²) in [5.41, 5.74) is 6.59. The molecule has 6 rings (SSSR count). The summed E-state index contributed by atoms with van der Waals surface area (Å²) in [4.78, 5) is 37.4. The smallest absolute Gasteiger partial charge is 0.318 e. The molecule has 0 aliphatic carbocycles. The van der Waals surface area contributed by atoms with E-state index in [1.54, 1.807) is 28.4 Å². The van der Waals surface area contributed by atoms with Crippen LogP contribution < -0.4 is 15.5 Å². The zero-order chi connectivity index (χ0) is 32.2. The van der Waals surface area contributed by atoms with Gasteiger partial charge in [0.05, 0.1) is 0 Å². The van der Waals surface area contributed by atoms with Gasteiger partial charge in [-0.05, 0) is 84.0 Å². The molecule has 0 unspecified atom stereocenters. The third-order valence-corrected chi connectivity index (χ3v) is 9.29. The number of piperazine rings is 1. The molecule has 0 spiro atoms. The van der Waals surface area contributed by atoms with Crippen LogP contribution >= 0.6 is 11.3 Å². The molecule has 2 atom stereocenters. The van der Waals surface area contributed by atoms with E-state index in [2.05, 4.69) is 36.9 Å². The van der Waals surface area contributed by atoms with E-state index in [0.717, 1.165) is 45.4 Å². The average molecular weight is 639 g/mol. The Kier molecular flexibility index (Phi) is 9.37. The third kappa shape index (κ3) is 6.93. The van der Waals surface area contributed by atoms with Gasteiger partial charge >= 0.3 is 6.03 Å². The number of rotatable bonds is 9. The van der Waals surface area contributed by atoms with Crippen molar-refractivity contribution in [3.05, 3.63) is 107 Å². The van der Waals surface area contributed by atoms with E-state index in [-0.39, 0.29) is 23.7 Å². The van der Waals surface area contributed by atoms with Gasteiger partial charge in [-0.15, -0.1) is 0 Å². The van der Waals surface area contributed by atoms with Gasteiger partial charge in [0.15, 0.2) is 0 Å². The highest BCUT2D eigenvalue weighted by molar-refractivity contribution is 7.08. The molecular formula is C36H39FN6O2S. The van der Waals surface area contributed by atoms with Crippen molar-refractivity contribution in [2.24, 2.45) is 0 Å². The monoisotopic (exact) mass is 638 g/mol. The molecule has 10 heteroatoms. The standard InChI is InChI=1S/C36H39FN6O2S/c1-24(31-21-38-32-7-5-4-6-30(31)32)34(40-36(45)43-17-15-42(16-18-43)28-11-9-27(37)10-12-28)35(44)39-33-20-25(22-41(2)3)8-13-29(33)26-14-19-46-23-26/h4-14,19-21,23-24,34,38H,15-18,22H2,1-3H3,(H,39,44)(H,40,45)/t24-,34-/m1/s1. The number of amides is 3. The predicted octanol–water partition coefficient (Wildman–Crippen LogP) is 6.74. The highest BCUT2D eigenvalue weighted by atomic mass is 32.1. The van der Waals surface area contributed by atoms with Crippen LogP contribution in [0.2, 0.25) is 0 Å². The van der Waals surface area contributed by atoms with E-state index in [1.807, 2.05) is 75.1 Å². The maximum atomic E-state index is 14.3. The van der Waals surface area contributed by atoms with Gasteiger partial charge in [-0.25, -0.2) is 9.18 Å². The highest BCUT2D eigenvalue weighted by Crippen LogP contribution is 2.33. The number of benzene rings is 3. The second kappa shape index (κ2) is 13.8. The number of hydrogen-bond acceptors (Lipinski definition) is 5. The summed E-state index contributed by atoms with van der Waals surface area (Å²) in [6.07, 6.45) is 1.93. The minimum Gasteiger partial charge on any atom is -0.368 e. The SMILES string of the molecule is C[C@H](c1c[nH]c2ccccc12)[C@@H](NC(=O)N1CCN(c2ccc(F)cc2)CC1)C(=O)Nc1cc(CN(C)C)ccc1-c1ccsc1. The van der Waals surface area contributed by atoms with E-state index in [1.165, 1.54) is 12.1 Å². The number of H-pyrrole nitrogens is 1. The number of halogens is 1. The van der Waals surface area contributed by atoms with Crippen LogP contribution in [-0.4, -0.2) is 73.0 Å². The van der Waals surface area contributed by atoms with Crippen molar-refractivity contribution in [3.63, 3.8) is 0 Å². The largest absolute Gasteiger partial charge is 0.368 e. The summed E-state index contributed by atoms with van der Waals surface area (Å²) in [5, 5.41) is 11.4. The Morgan fingerprint density at radius 1 is 1.00 bits per heavy atom. The molecule has 1 saturated heterocycles. The molecule has 3 amide bonds. The van der Waals surface area contributed by atoms with Crippen LogP contribution in [0.1, 0.15) is 24.0 Å². The zero-order valence-corrected chi connectivity index (χ0v) is 27.1. The fraction of sp³-hybridized carbons (Fsp3) is 0.278. The van der Waals surface area contributed by atoms with E-state index in [4.69, 9.17) is 0 Å². The first-order chi connectivity index (χ1) is 22.3. The van der Waals surface area contributed by atoms with Crippen LogP contribution in [-0.2, 0) is 11.3 Å². The molecule has 46 heavy (non-hydrogen) atoms. The lowest BCUT2D eigenvalue weighted by Gasteiger charge is -2.37. The number of para-hydroxylation sites is 1. The fourth-order valence-corrected chi connectivity index (χ4v) is 6.81. The van der Waals surface area contributed by atoms with Crippen molar-refractivity contribution in [3.8, 4) is 11.1 Å². The van der Waals surface area contributed by atoms with Gasteiger partial charge in [0, 0.05) is 72.7 Å². The van der Waals surface area contributed by atoms with Gasteiger partial charge in [-0.3, -0.25) is 4.79 Å². The average Bonchev–Trinajstić information content (AvgIpc) is 3.74. The lowest BCUT2D eigenvalue weighted by Crippen LogP contribution is -2.56. The van der Waals surface area contributed by atoms with Crippen molar-refractivity contribution in [2.45, 2.75) is 25.4 Å². The van der Waals surface area contributed by atoms with E-state index in [9.17, 15) is 14.0 Å². The van der Waals surface area contributed by atoms with Crippen LogP contribution in [0.3, 0.4) is 0 Å². The number of nitrogens with zero attached hydrogens (tertiary/aromatic N) is 3. The number of carbonyl (C=O) groups excluding carboxylic acids is 2. The van der Waals surface area contributed by atoms with E-state index >= 15 is 0 Å². The maximum absolute atomic E-state index is 14.3. The molecule has 0 radical (unpaired) electrons. The Hall–Kier alpha value is -4.67. The summed E-state index contributed by atoms with van der Waals surface area (Å²) in [5.74, 6) is -0.896. The number of hydrogen-bond donors (Lipinski definition) is 3.